The summed E-state index contributed by atoms with van der Waals surface area (Å²) >= 11 is 7.45. The van der Waals surface area contributed by atoms with Crippen LogP contribution in [0.1, 0.15) is 23.7 Å². The highest BCUT2D eigenvalue weighted by Gasteiger charge is 2.18. The maximum atomic E-state index is 13.0. The van der Waals surface area contributed by atoms with Crippen LogP contribution in [-0.4, -0.2) is 10.5 Å². The van der Waals surface area contributed by atoms with Crippen LogP contribution in [0.15, 0.2) is 89.9 Å². The second-order valence-electron chi connectivity index (χ2n) is 6.99. The van der Waals surface area contributed by atoms with Crippen LogP contribution in [0.25, 0.3) is 11.3 Å². The van der Waals surface area contributed by atoms with Crippen LogP contribution < -0.4 is 10.1 Å². The first kappa shape index (κ1) is 21.1. The lowest BCUT2D eigenvalue weighted by Crippen LogP contribution is -2.16. The second-order valence-corrected chi connectivity index (χ2v) is 8.40. The number of rotatable bonds is 6. The molecule has 6 heteroatoms. The summed E-state index contributed by atoms with van der Waals surface area (Å²) in [5.74, 6) is -0.176. The van der Waals surface area contributed by atoms with Crippen molar-refractivity contribution in [3.8, 4) is 11.3 Å². The molecular formula is C25H22ClN3OS. The van der Waals surface area contributed by atoms with Crippen molar-refractivity contribution >= 4 is 39.5 Å². The summed E-state index contributed by atoms with van der Waals surface area (Å²) in [6.07, 6.45) is 0.948. The topological polar surface area (TPSA) is 46.4 Å². The van der Waals surface area contributed by atoms with Crippen LogP contribution in [0.5, 0.6) is 0 Å². The Morgan fingerprint density at radius 2 is 1.61 bits per heavy atom. The van der Waals surface area contributed by atoms with E-state index in [1.807, 2.05) is 48.5 Å². The molecule has 31 heavy (non-hydrogen) atoms. The summed E-state index contributed by atoms with van der Waals surface area (Å²) in [5.41, 5.74) is 3.43. The van der Waals surface area contributed by atoms with Gasteiger partial charge in [0, 0.05) is 22.7 Å². The molecule has 0 saturated heterocycles. The van der Waals surface area contributed by atoms with E-state index in [-0.39, 0.29) is 5.91 Å². The van der Waals surface area contributed by atoms with Gasteiger partial charge >= 0.3 is 0 Å². The molecule has 0 fully saturated rings. The molecule has 0 atom stereocenters. The summed E-state index contributed by atoms with van der Waals surface area (Å²) in [7, 11) is 0. The average Bonchev–Trinajstić information content (AvgIpc) is 3.12. The summed E-state index contributed by atoms with van der Waals surface area (Å²) in [6.45, 7) is 2.93. The van der Waals surface area contributed by atoms with Gasteiger partial charge in [-0.25, -0.2) is 4.99 Å². The standard InChI is InChI=1S/C25H22ClN3OS/c1-2-17-29-22(18-9-5-3-6-10-18)24(28-23(30)19-13-15-20(26)16-14-19)31-25(29)27-21-11-7-4-8-12-21/h3-16H,2,17H2,1H3,(H,28,30). The van der Waals surface area contributed by atoms with Crippen molar-refractivity contribution in [2.24, 2.45) is 4.99 Å². The van der Waals surface area contributed by atoms with Crippen molar-refractivity contribution in [1.29, 1.82) is 0 Å². The molecule has 0 aliphatic heterocycles. The fourth-order valence-corrected chi connectivity index (χ4v) is 4.51. The molecule has 4 nitrogen and oxygen atoms in total. The molecule has 0 aliphatic carbocycles. The minimum atomic E-state index is -0.176. The number of aromatic nitrogens is 1. The number of hydrogen-bond acceptors (Lipinski definition) is 3. The third-order valence-electron chi connectivity index (χ3n) is 4.72. The highest BCUT2D eigenvalue weighted by atomic mass is 35.5. The van der Waals surface area contributed by atoms with Crippen molar-refractivity contribution in [2.45, 2.75) is 19.9 Å². The van der Waals surface area contributed by atoms with Crippen LogP contribution in [0.2, 0.25) is 5.02 Å². The van der Waals surface area contributed by atoms with Gasteiger partial charge in [-0.15, -0.1) is 0 Å². The van der Waals surface area contributed by atoms with Crippen LogP contribution in [0.3, 0.4) is 0 Å². The van der Waals surface area contributed by atoms with E-state index in [2.05, 4.69) is 28.9 Å². The number of halogens is 1. The fraction of sp³-hybridized carbons (Fsp3) is 0.120. The van der Waals surface area contributed by atoms with Gasteiger partial charge in [-0.2, -0.15) is 0 Å². The number of carbonyl (C=O) groups excluding carboxylic acids is 1. The van der Waals surface area contributed by atoms with Crippen LogP contribution >= 0.6 is 22.9 Å². The van der Waals surface area contributed by atoms with Crippen LogP contribution in [-0.2, 0) is 6.54 Å². The Labute approximate surface area is 190 Å². The SMILES string of the molecule is CCCn1c(-c2ccccc2)c(NC(=O)c2ccc(Cl)cc2)sc1=Nc1ccccc1. The molecule has 4 aromatic rings. The highest BCUT2D eigenvalue weighted by molar-refractivity contribution is 7.14. The third-order valence-corrected chi connectivity index (χ3v) is 5.96. The maximum absolute atomic E-state index is 13.0. The molecule has 1 heterocycles. The number of para-hydroxylation sites is 1. The number of amides is 1. The van der Waals surface area contributed by atoms with Gasteiger partial charge in [0.1, 0.15) is 5.00 Å². The molecule has 156 valence electrons. The average molecular weight is 448 g/mol. The number of nitrogens with zero attached hydrogens (tertiary/aromatic N) is 2. The zero-order chi connectivity index (χ0) is 21.6. The smallest absolute Gasteiger partial charge is 0.256 e. The lowest BCUT2D eigenvalue weighted by molar-refractivity contribution is 0.102. The predicted molar refractivity (Wildman–Crippen MR) is 129 cm³/mol. The molecule has 0 spiro atoms. The van der Waals surface area contributed by atoms with E-state index in [4.69, 9.17) is 16.6 Å². The number of anilines is 1. The molecular weight excluding hydrogens is 426 g/mol. The first-order chi connectivity index (χ1) is 15.2. The minimum Gasteiger partial charge on any atom is -0.315 e. The van der Waals surface area contributed by atoms with Crippen molar-refractivity contribution in [1.82, 2.24) is 4.57 Å². The molecule has 1 N–H and O–H groups in total. The first-order valence-electron chi connectivity index (χ1n) is 10.1. The summed E-state index contributed by atoms with van der Waals surface area (Å²) in [6, 6.07) is 26.9. The minimum absolute atomic E-state index is 0.176. The number of carbonyl (C=O) groups is 1. The highest BCUT2D eigenvalue weighted by Crippen LogP contribution is 2.32. The predicted octanol–water partition coefficient (Wildman–Crippen LogP) is 6.76. The third kappa shape index (κ3) is 4.95. The van der Waals surface area contributed by atoms with Gasteiger partial charge in [0.25, 0.3) is 5.91 Å². The van der Waals surface area contributed by atoms with Gasteiger partial charge in [-0.1, -0.05) is 78.4 Å². The largest absolute Gasteiger partial charge is 0.315 e. The molecule has 0 bridgehead atoms. The Balaban J connectivity index is 1.85. The molecule has 0 saturated carbocycles. The Hall–Kier alpha value is -3.15. The fourth-order valence-electron chi connectivity index (χ4n) is 3.28. The Morgan fingerprint density at radius 1 is 0.968 bits per heavy atom. The van der Waals surface area contributed by atoms with Gasteiger partial charge in [0.15, 0.2) is 4.80 Å². The second kappa shape index (κ2) is 9.77. The monoisotopic (exact) mass is 447 g/mol. The molecule has 1 aromatic heterocycles. The van der Waals surface area contributed by atoms with Crippen molar-refractivity contribution in [2.75, 3.05) is 5.32 Å². The lowest BCUT2D eigenvalue weighted by atomic mass is 10.1. The van der Waals surface area contributed by atoms with E-state index < -0.39 is 0 Å². The van der Waals surface area contributed by atoms with E-state index in [9.17, 15) is 4.79 Å². The van der Waals surface area contributed by atoms with E-state index in [1.54, 1.807) is 24.3 Å². The number of thiazole rings is 1. The van der Waals surface area contributed by atoms with Crippen molar-refractivity contribution < 1.29 is 4.79 Å². The Kier molecular flexibility index (Phi) is 6.65. The van der Waals surface area contributed by atoms with E-state index >= 15 is 0 Å². The van der Waals surface area contributed by atoms with E-state index in [0.29, 0.717) is 10.6 Å². The van der Waals surface area contributed by atoms with Gasteiger partial charge in [-0.3, -0.25) is 4.79 Å². The molecule has 1 amide bonds. The summed E-state index contributed by atoms with van der Waals surface area (Å²) in [4.78, 5) is 18.7. The van der Waals surface area contributed by atoms with E-state index in [1.165, 1.54) is 11.3 Å². The summed E-state index contributed by atoms with van der Waals surface area (Å²) in [5, 5.41) is 4.48. The molecule has 0 radical (unpaired) electrons. The van der Waals surface area contributed by atoms with Crippen LogP contribution in [0, 0.1) is 0 Å². The van der Waals surface area contributed by atoms with Crippen LogP contribution in [0.4, 0.5) is 10.7 Å². The van der Waals surface area contributed by atoms with Gasteiger partial charge in [0.05, 0.1) is 11.4 Å². The van der Waals surface area contributed by atoms with E-state index in [0.717, 1.165) is 39.7 Å². The van der Waals surface area contributed by atoms with Gasteiger partial charge in [-0.05, 0) is 42.8 Å². The van der Waals surface area contributed by atoms with Crippen molar-refractivity contribution in [3.63, 3.8) is 0 Å². The number of benzene rings is 3. The lowest BCUT2D eigenvalue weighted by Gasteiger charge is -2.11. The Bertz CT molecular complexity index is 1230. The maximum Gasteiger partial charge on any atom is 0.256 e. The van der Waals surface area contributed by atoms with Crippen molar-refractivity contribution in [3.05, 3.63) is 100 Å². The number of nitrogens with one attached hydrogen (secondary N) is 1. The zero-order valence-corrected chi connectivity index (χ0v) is 18.7. The summed E-state index contributed by atoms with van der Waals surface area (Å²) < 4.78 is 2.18. The van der Waals surface area contributed by atoms with Gasteiger partial charge < -0.3 is 9.88 Å². The Morgan fingerprint density at radius 3 is 2.26 bits per heavy atom. The normalized spacial score (nSPS) is 11.5. The molecule has 0 aliphatic rings. The molecule has 4 rings (SSSR count). The molecule has 3 aromatic carbocycles. The zero-order valence-electron chi connectivity index (χ0n) is 17.1. The first-order valence-corrected chi connectivity index (χ1v) is 11.3. The van der Waals surface area contributed by atoms with Gasteiger partial charge in [0.2, 0.25) is 0 Å². The quantitative estimate of drug-likeness (QED) is 0.348. The molecule has 0 unspecified atom stereocenters. The number of hydrogen-bond donors (Lipinski definition) is 1.